The molecule has 184 valence electrons. The van der Waals surface area contributed by atoms with Crippen LogP contribution in [0.2, 0.25) is 0 Å². The number of unbranched alkanes of at least 4 members (excludes halogenated alkanes) is 5. The van der Waals surface area contributed by atoms with Crippen molar-refractivity contribution in [1.82, 2.24) is 0 Å². The third-order valence-electron chi connectivity index (χ3n) is 5.24. The van der Waals surface area contributed by atoms with Crippen LogP contribution in [0.25, 0.3) is 0 Å². The first-order valence-corrected chi connectivity index (χ1v) is 12.1. The monoisotopic (exact) mass is 470 g/mol. The summed E-state index contributed by atoms with van der Waals surface area (Å²) in [5.74, 6) is 0.839. The van der Waals surface area contributed by atoms with Crippen molar-refractivity contribution in [2.45, 2.75) is 94.2 Å². The molecule has 2 rings (SSSR count). The summed E-state index contributed by atoms with van der Waals surface area (Å²) in [6, 6.07) is 0. The second-order valence-corrected chi connectivity index (χ2v) is 8.99. The lowest BCUT2D eigenvalue weighted by atomic mass is 10.1. The van der Waals surface area contributed by atoms with E-state index in [9.17, 15) is 20.4 Å². The van der Waals surface area contributed by atoms with E-state index in [4.69, 9.17) is 28.8 Å². The van der Waals surface area contributed by atoms with Crippen molar-refractivity contribution in [3.8, 4) is 0 Å². The summed E-state index contributed by atoms with van der Waals surface area (Å²) in [7, 11) is 0. The quantitative estimate of drug-likeness (QED) is 0.217. The lowest BCUT2D eigenvalue weighted by Gasteiger charge is -2.39. The van der Waals surface area contributed by atoms with Gasteiger partial charge in [0.2, 0.25) is 0 Å². The van der Waals surface area contributed by atoms with E-state index in [1.54, 1.807) is 0 Å². The summed E-state index contributed by atoms with van der Waals surface area (Å²) in [6.07, 6.45) is -0.132. The van der Waals surface area contributed by atoms with Crippen LogP contribution in [0.1, 0.15) is 45.4 Å². The first-order chi connectivity index (χ1) is 15.0. The molecule has 0 aliphatic carbocycles. The molecule has 0 saturated carbocycles. The molecule has 5 N–H and O–H groups in total. The summed E-state index contributed by atoms with van der Waals surface area (Å²) < 4.78 is 27.2. The average molecular weight is 471 g/mol. The third kappa shape index (κ3) is 9.01. The number of hydrogen-bond acceptors (Lipinski definition) is 11. The maximum absolute atomic E-state index is 10.3. The smallest absolute Gasteiger partial charge is 0.191 e. The van der Waals surface area contributed by atoms with Crippen LogP contribution in [0, 0.1) is 0 Å². The summed E-state index contributed by atoms with van der Waals surface area (Å²) in [5, 5.41) is 48.4. The van der Waals surface area contributed by atoms with Crippen molar-refractivity contribution in [2.24, 2.45) is 0 Å². The zero-order valence-corrected chi connectivity index (χ0v) is 18.9. The van der Waals surface area contributed by atoms with Crippen LogP contribution in [0.3, 0.4) is 0 Å². The molecular weight excluding hydrogens is 432 g/mol. The van der Waals surface area contributed by atoms with Crippen molar-refractivity contribution < 1.29 is 49.2 Å². The van der Waals surface area contributed by atoms with Crippen molar-refractivity contribution >= 4 is 11.8 Å². The second kappa shape index (κ2) is 15.0. The van der Waals surface area contributed by atoms with Gasteiger partial charge in [-0.05, 0) is 12.2 Å². The number of aliphatic hydroxyl groups excluding tert-OH is 5. The molecule has 0 spiro atoms. The Morgan fingerprint density at radius 2 is 1.32 bits per heavy atom. The fourth-order valence-corrected chi connectivity index (χ4v) is 4.45. The average Bonchev–Trinajstić information content (AvgIpc) is 2.75. The Hall–Kier alpha value is -0.0500. The minimum absolute atomic E-state index is 0.0178. The van der Waals surface area contributed by atoms with E-state index >= 15 is 0 Å². The Labute approximate surface area is 187 Å². The van der Waals surface area contributed by atoms with Crippen molar-refractivity contribution in [2.75, 3.05) is 32.2 Å². The third-order valence-corrected chi connectivity index (χ3v) is 6.44. The van der Waals surface area contributed by atoms with Gasteiger partial charge in [-0.1, -0.05) is 39.0 Å². The SMILES string of the molecule is CCCCCCCCS[C@@H]1OC(CO)[C@@H](COC[C@H]2OC(CO)[C@@H](O)OC2O)OC1O. The lowest BCUT2D eigenvalue weighted by molar-refractivity contribution is -0.345. The maximum atomic E-state index is 10.3. The molecule has 2 aliphatic rings. The molecule has 2 heterocycles. The van der Waals surface area contributed by atoms with E-state index in [0.29, 0.717) is 0 Å². The van der Waals surface area contributed by atoms with Crippen LogP contribution in [-0.4, -0.2) is 106 Å². The lowest BCUT2D eigenvalue weighted by Crippen LogP contribution is -2.53. The van der Waals surface area contributed by atoms with Crippen molar-refractivity contribution in [1.29, 1.82) is 0 Å². The van der Waals surface area contributed by atoms with Crippen LogP contribution >= 0.6 is 11.8 Å². The summed E-state index contributed by atoms with van der Waals surface area (Å²) >= 11 is 1.47. The molecule has 0 aromatic rings. The van der Waals surface area contributed by atoms with Crippen molar-refractivity contribution in [3.05, 3.63) is 0 Å². The van der Waals surface area contributed by atoms with Gasteiger partial charge in [-0.25, -0.2) is 0 Å². The molecule has 2 aliphatic heterocycles. The zero-order valence-electron chi connectivity index (χ0n) is 18.1. The van der Waals surface area contributed by atoms with E-state index in [1.165, 1.54) is 37.4 Å². The molecule has 8 atom stereocenters. The fourth-order valence-electron chi connectivity index (χ4n) is 3.40. The molecule has 2 fully saturated rings. The standard InChI is InChI=1S/C20H38O10S/c1-2-3-4-5-6-7-8-31-20-19(25)28-15(13(9-21)29-20)11-26-12-16-18(24)30-17(23)14(10-22)27-16/h13-25H,2-12H2,1H3/t13?,14?,15-,16-,17+,18?,19?,20+/m1/s1. The number of aliphatic hydroxyl groups is 5. The second-order valence-electron chi connectivity index (χ2n) is 7.78. The highest BCUT2D eigenvalue weighted by Gasteiger charge is 2.40. The molecule has 0 bridgehead atoms. The molecule has 4 unspecified atom stereocenters. The van der Waals surface area contributed by atoms with Crippen LogP contribution in [0.5, 0.6) is 0 Å². The van der Waals surface area contributed by atoms with E-state index in [0.717, 1.165) is 18.6 Å². The highest BCUT2D eigenvalue weighted by atomic mass is 32.2. The zero-order chi connectivity index (χ0) is 22.6. The van der Waals surface area contributed by atoms with Gasteiger partial charge < -0.3 is 49.2 Å². The van der Waals surface area contributed by atoms with Crippen LogP contribution in [-0.2, 0) is 23.7 Å². The number of thioether (sulfide) groups is 1. The van der Waals surface area contributed by atoms with Crippen molar-refractivity contribution in [3.63, 3.8) is 0 Å². The van der Waals surface area contributed by atoms with E-state index in [1.807, 2.05) is 0 Å². The maximum Gasteiger partial charge on any atom is 0.191 e. The van der Waals surface area contributed by atoms with Crippen LogP contribution in [0.15, 0.2) is 0 Å². The molecule has 0 radical (unpaired) electrons. The summed E-state index contributed by atoms with van der Waals surface area (Å²) in [5.41, 5.74) is -0.576. The van der Waals surface area contributed by atoms with Gasteiger partial charge in [-0.3, -0.25) is 0 Å². The van der Waals surface area contributed by atoms with Gasteiger partial charge in [0.15, 0.2) is 24.3 Å². The molecule has 31 heavy (non-hydrogen) atoms. The van der Waals surface area contributed by atoms with E-state index in [-0.39, 0.29) is 19.8 Å². The molecule has 10 nitrogen and oxygen atoms in total. The number of rotatable bonds is 14. The van der Waals surface area contributed by atoms with Crippen LogP contribution in [0.4, 0.5) is 0 Å². The normalized spacial score (nSPS) is 36.6. The molecule has 11 heteroatoms. The predicted octanol–water partition coefficient (Wildman–Crippen LogP) is -0.0694. The highest BCUT2D eigenvalue weighted by molar-refractivity contribution is 7.99. The van der Waals surface area contributed by atoms with Gasteiger partial charge in [0.1, 0.15) is 24.4 Å². The number of ether oxygens (including phenoxy) is 5. The topological polar surface area (TPSA) is 147 Å². The minimum atomic E-state index is -1.42. The molecule has 0 aromatic heterocycles. The largest absolute Gasteiger partial charge is 0.394 e. The first kappa shape index (κ1) is 27.2. The number of hydrogen-bond donors (Lipinski definition) is 5. The van der Waals surface area contributed by atoms with Gasteiger partial charge in [0.05, 0.1) is 26.4 Å². The van der Waals surface area contributed by atoms with Gasteiger partial charge in [0.25, 0.3) is 0 Å². The van der Waals surface area contributed by atoms with Crippen LogP contribution < -0.4 is 0 Å². The first-order valence-electron chi connectivity index (χ1n) is 11.1. The Kier molecular flexibility index (Phi) is 13.1. The molecule has 2 saturated heterocycles. The Morgan fingerprint density at radius 1 is 0.677 bits per heavy atom. The highest BCUT2D eigenvalue weighted by Crippen LogP contribution is 2.28. The summed E-state index contributed by atoms with van der Waals surface area (Å²) in [6.45, 7) is 1.30. The Bertz CT molecular complexity index is 473. The molecule has 0 amide bonds. The Balaban J connectivity index is 1.68. The van der Waals surface area contributed by atoms with Gasteiger partial charge in [-0.15, -0.1) is 11.8 Å². The van der Waals surface area contributed by atoms with Gasteiger partial charge >= 0.3 is 0 Å². The Morgan fingerprint density at radius 3 is 2.03 bits per heavy atom. The fraction of sp³-hybridized carbons (Fsp3) is 1.00. The molecular formula is C20H38O10S. The minimum Gasteiger partial charge on any atom is -0.394 e. The molecule has 0 aromatic carbocycles. The predicted molar refractivity (Wildman–Crippen MR) is 112 cm³/mol. The van der Waals surface area contributed by atoms with E-state index in [2.05, 4.69) is 6.92 Å². The summed E-state index contributed by atoms with van der Waals surface area (Å²) in [4.78, 5) is 0. The van der Waals surface area contributed by atoms with Gasteiger partial charge in [-0.2, -0.15) is 0 Å². The van der Waals surface area contributed by atoms with Gasteiger partial charge in [0, 0.05) is 0 Å². The van der Waals surface area contributed by atoms with E-state index < -0.39 is 55.3 Å².